The zero-order valence-electron chi connectivity index (χ0n) is 26.5. The summed E-state index contributed by atoms with van der Waals surface area (Å²) in [6.45, 7) is 1.51. The summed E-state index contributed by atoms with van der Waals surface area (Å²) >= 11 is 0. The summed E-state index contributed by atoms with van der Waals surface area (Å²) in [6.07, 6.45) is 2.41. The number of nitrogens with one attached hydrogen (secondary N) is 1. The number of hydrogen-bond acceptors (Lipinski definition) is 6. The molecule has 2 heterocycles. The second-order valence-corrected chi connectivity index (χ2v) is 14.0. The first-order valence-electron chi connectivity index (χ1n) is 16.1. The van der Waals surface area contributed by atoms with Gasteiger partial charge in [-0.25, -0.2) is 12.8 Å². The van der Waals surface area contributed by atoms with E-state index < -0.39 is 21.9 Å². The predicted octanol–water partition coefficient (Wildman–Crippen LogP) is 5.23. The third-order valence-corrected chi connectivity index (χ3v) is 10.6. The van der Waals surface area contributed by atoms with Gasteiger partial charge in [0.05, 0.1) is 4.90 Å². The highest BCUT2D eigenvalue weighted by Gasteiger charge is 2.31. The van der Waals surface area contributed by atoms with Gasteiger partial charge in [-0.1, -0.05) is 60.7 Å². The van der Waals surface area contributed by atoms with Gasteiger partial charge in [0.2, 0.25) is 28.6 Å². The number of sulfonamides is 1. The Bertz CT molecular complexity index is 1830. The van der Waals surface area contributed by atoms with Gasteiger partial charge in [0.25, 0.3) is 0 Å². The fraction of sp³-hybridized carbons (Fsp3) is 0.297. The number of benzene rings is 4. The van der Waals surface area contributed by atoms with Crippen LogP contribution in [0.2, 0.25) is 0 Å². The summed E-state index contributed by atoms with van der Waals surface area (Å²) in [5.74, 6) is 0.271. The lowest BCUT2D eigenvalue weighted by atomic mass is 10.0. The molecule has 6 rings (SSSR count). The van der Waals surface area contributed by atoms with E-state index in [-0.39, 0.29) is 49.4 Å². The van der Waals surface area contributed by atoms with Crippen LogP contribution in [0.3, 0.4) is 0 Å². The molecule has 1 fully saturated rings. The maximum atomic E-state index is 14.1. The lowest BCUT2D eigenvalue weighted by Crippen LogP contribution is -2.50. The van der Waals surface area contributed by atoms with Crippen molar-refractivity contribution in [1.82, 2.24) is 14.5 Å². The Morgan fingerprint density at radius 1 is 0.812 bits per heavy atom. The summed E-state index contributed by atoms with van der Waals surface area (Å²) in [4.78, 5) is 29.8. The van der Waals surface area contributed by atoms with Crippen LogP contribution in [0.4, 0.5) is 4.39 Å². The van der Waals surface area contributed by atoms with Crippen LogP contribution in [0.15, 0.2) is 102 Å². The monoisotopic (exact) mass is 671 g/mol. The van der Waals surface area contributed by atoms with Crippen molar-refractivity contribution in [2.45, 2.75) is 56.1 Å². The summed E-state index contributed by atoms with van der Waals surface area (Å²) in [5.41, 5.74) is 3.19. The van der Waals surface area contributed by atoms with Crippen molar-refractivity contribution >= 4 is 21.8 Å². The molecule has 1 atom stereocenters. The Morgan fingerprint density at radius 3 is 2.21 bits per heavy atom. The van der Waals surface area contributed by atoms with E-state index in [1.165, 1.54) is 16.4 Å². The molecule has 0 saturated carbocycles. The number of carbonyl (C=O) groups excluding carboxylic acids is 2. The number of halogens is 1. The normalized spacial score (nSPS) is 14.9. The van der Waals surface area contributed by atoms with Crippen LogP contribution < -0.4 is 14.8 Å². The molecule has 0 bridgehead atoms. The van der Waals surface area contributed by atoms with E-state index in [0.29, 0.717) is 36.6 Å². The molecule has 0 spiro atoms. The van der Waals surface area contributed by atoms with Gasteiger partial charge in [0, 0.05) is 39.0 Å². The van der Waals surface area contributed by atoms with Crippen LogP contribution in [-0.4, -0.2) is 55.4 Å². The molecule has 1 saturated heterocycles. The van der Waals surface area contributed by atoms with Crippen LogP contribution in [-0.2, 0) is 45.5 Å². The molecular formula is C37H38FN3O6S. The molecule has 4 aromatic carbocycles. The SMILES string of the molecule is O=C(NCc1ccc2c(c1)OCO2)[C@@H](Cc1ccccc1)N(Cc1ccc(F)cc1)C(=O)CCc1ccc(S(=O)(=O)N2CCCC2)cc1. The Labute approximate surface area is 280 Å². The molecule has 11 heteroatoms. The van der Waals surface area contributed by atoms with E-state index >= 15 is 0 Å². The zero-order chi connectivity index (χ0) is 33.5. The van der Waals surface area contributed by atoms with E-state index in [1.807, 2.05) is 42.5 Å². The first-order valence-corrected chi connectivity index (χ1v) is 17.5. The molecule has 4 aromatic rings. The molecule has 0 aromatic heterocycles. The first-order chi connectivity index (χ1) is 23.3. The number of nitrogens with zero attached hydrogens (tertiary/aromatic N) is 2. The maximum Gasteiger partial charge on any atom is 0.243 e. The minimum absolute atomic E-state index is 0.0835. The number of hydrogen-bond donors (Lipinski definition) is 1. The molecule has 1 N–H and O–H groups in total. The van der Waals surface area contributed by atoms with Crippen LogP contribution in [0, 0.1) is 5.82 Å². The highest BCUT2D eigenvalue weighted by molar-refractivity contribution is 7.89. The molecule has 0 unspecified atom stereocenters. The van der Waals surface area contributed by atoms with Crippen LogP contribution >= 0.6 is 0 Å². The Morgan fingerprint density at radius 2 is 1.48 bits per heavy atom. The number of amides is 2. The average Bonchev–Trinajstić information content (AvgIpc) is 3.83. The van der Waals surface area contributed by atoms with E-state index in [1.54, 1.807) is 47.4 Å². The minimum atomic E-state index is -3.54. The topological polar surface area (TPSA) is 105 Å². The summed E-state index contributed by atoms with van der Waals surface area (Å²) in [7, 11) is -3.54. The fourth-order valence-electron chi connectivity index (χ4n) is 6.00. The molecule has 250 valence electrons. The van der Waals surface area contributed by atoms with Gasteiger partial charge in [0.1, 0.15) is 11.9 Å². The van der Waals surface area contributed by atoms with Crippen LogP contribution in [0.5, 0.6) is 11.5 Å². The van der Waals surface area contributed by atoms with Crippen molar-refractivity contribution in [3.05, 3.63) is 125 Å². The van der Waals surface area contributed by atoms with Gasteiger partial charge in [-0.2, -0.15) is 4.31 Å². The summed E-state index contributed by atoms with van der Waals surface area (Å²) in [5, 5.41) is 3.01. The molecule has 2 aliphatic heterocycles. The van der Waals surface area contributed by atoms with Gasteiger partial charge in [-0.15, -0.1) is 0 Å². The average molecular weight is 672 g/mol. The van der Waals surface area contributed by atoms with Crippen molar-refractivity contribution < 1.29 is 31.9 Å². The molecule has 9 nitrogen and oxygen atoms in total. The Kier molecular flexibility index (Phi) is 10.4. The molecule has 48 heavy (non-hydrogen) atoms. The summed E-state index contributed by atoms with van der Waals surface area (Å²) in [6, 6.07) is 26.6. The number of ether oxygens (including phenoxy) is 2. The number of rotatable bonds is 13. The quantitative estimate of drug-likeness (QED) is 0.209. The van der Waals surface area contributed by atoms with Crippen molar-refractivity contribution in [1.29, 1.82) is 0 Å². The zero-order valence-corrected chi connectivity index (χ0v) is 27.3. The van der Waals surface area contributed by atoms with Crippen LogP contribution in [0.1, 0.15) is 41.5 Å². The second kappa shape index (κ2) is 15.0. The molecule has 0 radical (unpaired) electrons. The van der Waals surface area contributed by atoms with Crippen molar-refractivity contribution in [2.75, 3.05) is 19.9 Å². The molecule has 2 aliphatic rings. The minimum Gasteiger partial charge on any atom is -0.454 e. The van der Waals surface area contributed by atoms with E-state index in [9.17, 15) is 22.4 Å². The largest absolute Gasteiger partial charge is 0.454 e. The van der Waals surface area contributed by atoms with Gasteiger partial charge in [-0.05, 0) is 77.9 Å². The van der Waals surface area contributed by atoms with Crippen molar-refractivity contribution in [3.8, 4) is 11.5 Å². The van der Waals surface area contributed by atoms with Gasteiger partial charge in [-0.3, -0.25) is 9.59 Å². The lowest BCUT2D eigenvalue weighted by molar-refractivity contribution is -0.141. The van der Waals surface area contributed by atoms with Crippen molar-refractivity contribution in [3.63, 3.8) is 0 Å². The lowest BCUT2D eigenvalue weighted by Gasteiger charge is -2.32. The highest BCUT2D eigenvalue weighted by atomic mass is 32.2. The van der Waals surface area contributed by atoms with Gasteiger partial charge >= 0.3 is 0 Å². The Hall–Kier alpha value is -4.74. The second-order valence-electron chi connectivity index (χ2n) is 12.0. The number of carbonyl (C=O) groups is 2. The molecular weight excluding hydrogens is 633 g/mol. The highest BCUT2D eigenvalue weighted by Crippen LogP contribution is 2.32. The summed E-state index contributed by atoms with van der Waals surface area (Å²) < 4.78 is 52.1. The number of fused-ring (bicyclic) bond motifs is 1. The first kappa shape index (κ1) is 33.2. The third kappa shape index (κ3) is 8.03. The maximum absolute atomic E-state index is 14.1. The van der Waals surface area contributed by atoms with Crippen molar-refractivity contribution in [2.24, 2.45) is 0 Å². The fourth-order valence-corrected chi connectivity index (χ4v) is 7.52. The Balaban J connectivity index is 1.21. The van der Waals surface area contributed by atoms with E-state index in [2.05, 4.69) is 5.32 Å². The van der Waals surface area contributed by atoms with E-state index in [0.717, 1.165) is 29.5 Å². The van der Waals surface area contributed by atoms with Gasteiger partial charge in [0.15, 0.2) is 11.5 Å². The third-order valence-electron chi connectivity index (χ3n) is 8.69. The predicted molar refractivity (Wildman–Crippen MR) is 178 cm³/mol. The molecule has 0 aliphatic carbocycles. The standard InChI is InChI=1S/C37H38FN3O6S/c38-31-14-8-29(9-15-31)25-41(36(42)19-13-27-10-16-32(17-11-27)48(44,45)40-20-4-5-21-40)33(22-28-6-2-1-3-7-28)37(43)39-24-30-12-18-34-35(23-30)47-26-46-34/h1-3,6-12,14-18,23,33H,4-5,13,19-22,24-26H2,(H,39,43)/t33-/m1/s1. The number of aryl methyl sites for hydroxylation is 1. The smallest absolute Gasteiger partial charge is 0.243 e. The van der Waals surface area contributed by atoms with Gasteiger partial charge < -0.3 is 19.7 Å². The van der Waals surface area contributed by atoms with E-state index in [4.69, 9.17) is 9.47 Å². The van der Waals surface area contributed by atoms with Crippen LogP contribution in [0.25, 0.3) is 0 Å². The molecule has 2 amide bonds.